The Morgan fingerprint density at radius 3 is 2.15 bits per heavy atom. The molecular weight excluding hydrogens is 346 g/mol. The van der Waals surface area contributed by atoms with Crippen LogP contribution < -0.4 is 22.6 Å². The average molecular weight is 373 g/mol. The summed E-state index contributed by atoms with van der Waals surface area (Å²) >= 11 is 0. The van der Waals surface area contributed by atoms with E-state index < -0.39 is 36.2 Å². The quantitative estimate of drug-likeness (QED) is 0.123. The predicted octanol–water partition coefficient (Wildman–Crippen LogP) is -1.17. The molecule has 9 N–H and O–H groups in total. The zero-order chi connectivity index (χ0) is 20.1. The minimum atomic E-state index is -1.24. The number of hydrogen-bond donors (Lipinski definition) is 6. The van der Waals surface area contributed by atoms with Gasteiger partial charge in [0.05, 0.1) is 6.42 Å². The number of nitrogens with two attached hydrogens (primary N) is 3. The Morgan fingerprint density at radius 2 is 1.62 bits per heavy atom. The van der Waals surface area contributed by atoms with Gasteiger partial charge >= 0.3 is 11.9 Å². The summed E-state index contributed by atoms with van der Waals surface area (Å²) in [6, 6.07) is -1.24. The first-order valence-electron chi connectivity index (χ1n) is 8.11. The van der Waals surface area contributed by atoms with E-state index in [0.717, 1.165) is 0 Å². The van der Waals surface area contributed by atoms with Gasteiger partial charge in [-0.1, -0.05) is 0 Å². The van der Waals surface area contributed by atoms with Crippen molar-refractivity contribution in [1.29, 1.82) is 0 Å². The van der Waals surface area contributed by atoms with Crippen molar-refractivity contribution in [1.82, 2.24) is 10.3 Å². The second-order valence-electron chi connectivity index (χ2n) is 5.77. The molecule has 26 heavy (non-hydrogen) atoms. The van der Waals surface area contributed by atoms with Crippen molar-refractivity contribution >= 4 is 23.8 Å². The highest BCUT2D eigenvalue weighted by Gasteiger charge is 2.20. The molecule has 0 aliphatic heterocycles. The van der Waals surface area contributed by atoms with E-state index in [9.17, 15) is 19.2 Å². The van der Waals surface area contributed by atoms with Crippen molar-refractivity contribution < 1.29 is 29.4 Å². The van der Waals surface area contributed by atoms with Gasteiger partial charge in [-0.05, 0) is 25.7 Å². The third-order valence-corrected chi connectivity index (χ3v) is 3.32. The van der Waals surface area contributed by atoms with Crippen LogP contribution in [0.1, 0.15) is 44.9 Å². The van der Waals surface area contributed by atoms with Gasteiger partial charge in [0, 0.05) is 31.3 Å². The topological polar surface area (TPSA) is 202 Å². The highest BCUT2D eigenvalue weighted by atomic mass is 16.4. The van der Waals surface area contributed by atoms with Crippen LogP contribution in [0.15, 0.2) is 11.9 Å². The Labute approximate surface area is 151 Å². The van der Waals surface area contributed by atoms with Crippen molar-refractivity contribution in [2.75, 3.05) is 6.54 Å². The van der Waals surface area contributed by atoms with Crippen molar-refractivity contribution in [3.8, 4) is 0 Å². The van der Waals surface area contributed by atoms with Gasteiger partial charge in [0.1, 0.15) is 6.04 Å². The minimum absolute atomic E-state index is 0.0302. The number of rotatable bonds is 14. The number of nitrogens with one attached hydrogen (secondary N) is 1. The minimum Gasteiger partial charge on any atom is -0.481 e. The Balaban J connectivity index is 4.05. The van der Waals surface area contributed by atoms with Crippen molar-refractivity contribution in [2.24, 2.45) is 17.3 Å². The Bertz CT molecular complexity index is 537. The largest absolute Gasteiger partial charge is 0.481 e. The lowest BCUT2D eigenvalue weighted by Gasteiger charge is -2.16. The van der Waals surface area contributed by atoms with Crippen molar-refractivity contribution in [2.45, 2.75) is 51.0 Å². The van der Waals surface area contributed by atoms with E-state index in [4.69, 9.17) is 27.5 Å². The van der Waals surface area contributed by atoms with Crippen LogP contribution in [-0.4, -0.2) is 51.6 Å². The zero-order valence-electron chi connectivity index (χ0n) is 14.5. The fourth-order valence-electron chi connectivity index (χ4n) is 2.03. The molecule has 0 aliphatic carbocycles. The summed E-state index contributed by atoms with van der Waals surface area (Å²) in [5, 5.41) is 20.8. The smallest absolute Gasteiger partial charge is 0.305 e. The molecule has 0 saturated heterocycles. The van der Waals surface area contributed by atoms with Gasteiger partial charge in [-0.3, -0.25) is 19.2 Å². The van der Waals surface area contributed by atoms with Gasteiger partial charge in [-0.15, -0.1) is 0 Å². The van der Waals surface area contributed by atoms with Gasteiger partial charge in [-0.25, -0.2) is 5.84 Å². The number of hydrogen-bond acceptors (Lipinski definition) is 7. The monoisotopic (exact) mass is 373 g/mol. The van der Waals surface area contributed by atoms with E-state index in [2.05, 4.69) is 5.32 Å². The van der Waals surface area contributed by atoms with E-state index in [1.54, 1.807) is 0 Å². The lowest BCUT2D eigenvalue weighted by Crippen LogP contribution is -2.45. The van der Waals surface area contributed by atoms with E-state index in [1.165, 1.54) is 11.2 Å². The molecular formula is C15H27N5O6. The molecule has 0 rings (SSSR count). The summed E-state index contributed by atoms with van der Waals surface area (Å²) in [6.45, 7) is 0.418. The fourth-order valence-corrected chi connectivity index (χ4v) is 2.03. The van der Waals surface area contributed by atoms with Crippen LogP contribution in [0.25, 0.3) is 0 Å². The number of carbonyl (C=O) groups excluding carboxylic acids is 2. The number of allylic oxidation sites excluding steroid dienone is 1. The van der Waals surface area contributed by atoms with E-state index in [0.29, 0.717) is 37.9 Å². The third-order valence-electron chi connectivity index (χ3n) is 3.32. The molecule has 0 aromatic rings. The Kier molecular flexibility index (Phi) is 11.2. The average Bonchev–Trinajstić information content (AvgIpc) is 2.50. The molecule has 0 aromatic carbocycles. The first-order chi connectivity index (χ1) is 12.1. The normalized spacial score (nSPS) is 12.3. The van der Waals surface area contributed by atoms with Crippen molar-refractivity contribution in [3.63, 3.8) is 0 Å². The zero-order valence-corrected chi connectivity index (χ0v) is 14.5. The summed E-state index contributed by atoms with van der Waals surface area (Å²) in [4.78, 5) is 43.8. The summed E-state index contributed by atoms with van der Waals surface area (Å²) in [5.41, 5.74) is 11.2. The molecule has 0 aliphatic rings. The van der Waals surface area contributed by atoms with E-state index in [1.807, 2.05) is 0 Å². The molecule has 148 valence electrons. The molecule has 0 heterocycles. The molecule has 11 heteroatoms. The maximum Gasteiger partial charge on any atom is 0.305 e. The molecule has 0 bridgehead atoms. The number of nitrogens with zero attached hydrogens (tertiary/aromatic N) is 1. The molecule has 0 radical (unpaired) electrons. The highest BCUT2D eigenvalue weighted by molar-refractivity contribution is 5.89. The number of primary amides is 1. The van der Waals surface area contributed by atoms with Gasteiger partial charge in [0.25, 0.3) is 0 Å². The molecule has 0 saturated carbocycles. The number of carbonyl (C=O) groups is 4. The lowest BCUT2D eigenvalue weighted by atomic mass is 10.1. The maximum atomic E-state index is 11.7. The van der Waals surface area contributed by atoms with Gasteiger partial charge in [-0.2, -0.15) is 0 Å². The molecule has 0 spiro atoms. The second-order valence-corrected chi connectivity index (χ2v) is 5.77. The Hall–Kier alpha value is -2.82. The van der Waals surface area contributed by atoms with Gasteiger partial charge < -0.3 is 32.0 Å². The fraction of sp³-hybridized carbons (Fsp3) is 0.600. The molecule has 0 aromatic heterocycles. The highest BCUT2D eigenvalue weighted by Crippen LogP contribution is 2.04. The van der Waals surface area contributed by atoms with Crippen LogP contribution >= 0.6 is 0 Å². The summed E-state index contributed by atoms with van der Waals surface area (Å²) in [7, 11) is 0. The summed E-state index contributed by atoms with van der Waals surface area (Å²) in [5.74, 6) is 2.23. The van der Waals surface area contributed by atoms with Gasteiger partial charge in [0.15, 0.2) is 0 Å². The molecule has 1 atom stereocenters. The number of hydrazine groups is 1. The van der Waals surface area contributed by atoms with Crippen LogP contribution in [-0.2, 0) is 19.2 Å². The number of unbranched alkanes of at least 4 members (excludes halogenated alkanes) is 1. The number of aliphatic carboxylic acids is 2. The lowest BCUT2D eigenvalue weighted by molar-refractivity contribution is -0.140. The SMILES string of the molecule is NC(=O)C(CC(=O)O)NC(=O)CCCCN(N)/C=C(\N)CCCC(=O)O. The van der Waals surface area contributed by atoms with Gasteiger partial charge in [0.2, 0.25) is 11.8 Å². The van der Waals surface area contributed by atoms with Crippen molar-refractivity contribution in [3.05, 3.63) is 11.9 Å². The van der Waals surface area contributed by atoms with Crippen LogP contribution in [0, 0.1) is 0 Å². The number of carboxylic acids is 2. The number of amides is 2. The van der Waals surface area contributed by atoms with Crippen LogP contribution in [0.4, 0.5) is 0 Å². The molecule has 1 unspecified atom stereocenters. The first kappa shape index (κ1) is 23.2. The van der Waals surface area contributed by atoms with Crippen LogP contribution in [0.5, 0.6) is 0 Å². The second kappa shape index (κ2) is 12.5. The molecule has 0 fully saturated rings. The van der Waals surface area contributed by atoms with Crippen LogP contribution in [0.2, 0.25) is 0 Å². The Morgan fingerprint density at radius 1 is 0.962 bits per heavy atom. The summed E-state index contributed by atoms with van der Waals surface area (Å²) < 4.78 is 0. The molecule has 11 nitrogen and oxygen atoms in total. The van der Waals surface area contributed by atoms with E-state index >= 15 is 0 Å². The van der Waals surface area contributed by atoms with Crippen LogP contribution in [0.3, 0.4) is 0 Å². The maximum absolute atomic E-state index is 11.7. The molecule has 2 amide bonds. The van der Waals surface area contributed by atoms with E-state index in [-0.39, 0.29) is 12.8 Å². The standard InChI is InChI=1S/C15H27N5O6/c16-10(4-3-6-13(22)23)9-20(18)7-2-1-5-12(21)19-11(15(17)26)8-14(24)25/h9,11H,1-8,16,18H2,(H2,17,26)(H,19,21)(H,22,23)(H,24,25)/b10-9-. The predicted molar refractivity (Wildman–Crippen MR) is 91.9 cm³/mol. The first-order valence-corrected chi connectivity index (χ1v) is 8.11. The third kappa shape index (κ3) is 12.6. The number of carboxylic acid groups (broad SMARTS) is 2. The summed E-state index contributed by atoms with van der Waals surface area (Å²) in [6.07, 6.45) is 2.93.